The maximum atomic E-state index is 12.7. The molecule has 0 radical (unpaired) electrons. The zero-order valence-corrected chi connectivity index (χ0v) is 16.8. The van der Waals surface area contributed by atoms with E-state index in [1.807, 2.05) is 6.92 Å². The molecule has 6 nitrogen and oxygen atoms in total. The van der Waals surface area contributed by atoms with E-state index in [9.17, 15) is 14.4 Å². The summed E-state index contributed by atoms with van der Waals surface area (Å²) < 4.78 is 10.8. The number of rotatable bonds is 6. The van der Waals surface area contributed by atoms with Crippen LogP contribution in [0.25, 0.3) is 11.0 Å². The number of aryl methyl sites for hydroxylation is 1. The van der Waals surface area contributed by atoms with Gasteiger partial charge in [-0.1, -0.05) is 31.4 Å². The Bertz CT molecular complexity index is 946. The summed E-state index contributed by atoms with van der Waals surface area (Å²) in [4.78, 5) is 36.1. The van der Waals surface area contributed by atoms with Gasteiger partial charge in [-0.3, -0.25) is 4.79 Å². The van der Waals surface area contributed by atoms with Crippen molar-refractivity contribution in [2.45, 2.75) is 58.6 Å². The Morgan fingerprint density at radius 2 is 1.96 bits per heavy atom. The van der Waals surface area contributed by atoms with Crippen molar-refractivity contribution in [3.8, 4) is 0 Å². The Morgan fingerprint density at radius 3 is 2.61 bits per heavy atom. The number of benzene rings is 1. The molecule has 1 aromatic carbocycles. The lowest BCUT2D eigenvalue weighted by Gasteiger charge is -2.22. The summed E-state index contributed by atoms with van der Waals surface area (Å²) in [6.45, 7) is 3.26. The van der Waals surface area contributed by atoms with E-state index < -0.39 is 17.6 Å². The first-order valence-electron chi connectivity index (χ1n) is 9.58. The highest BCUT2D eigenvalue weighted by Crippen LogP contribution is 2.29. The number of halogens is 1. The molecule has 1 amide bonds. The molecule has 1 atom stereocenters. The smallest absolute Gasteiger partial charge is 0.336 e. The lowest BCUT2D eigenvalue weighted by molar-refractivity contribution is -0.150. The third kappa shape index (κ3) is 4.55. The van der Waals surface area contributed by atoms with Crippen molar-refractivity contribution in [3.05, 3.63) is 44.8 Å². The molecule has 150 valence electrons. The number of fused-ring (bicyclic) bond motifs is 1. The van der Waals surface area contributed by atoms with Gasteiger partial charge < -0.3 is 14.5 Å². The van der Waals surface area contributed by atoms with Gasteiger partial charge in [0.2, 0.25) is 5.91 Å². The van der Waals surface area contributed by atoms with Gasteiger partial charge in [-0.15, -0.1) is 0 Å². The van der Waals surface area contributed by atoms with E-state index in [0.717, 1.165) is 31.2 Å². The second-order valence-electron chi connectivity index (χ2n) is 7.21. The Labute approximate surface area is 168 Å². The molecule has 1 aliphatic rings. The minimum atomic E-state index is -0.665. The van der Waals surface area contributed by atoms with Crippen LogP contribution in [0.4, 0.5) is 0 Å². The van der Waals surface area contributed by atoms with Gasteiger partial charge in [0.05, 0.1) is 0 Å². The molecule has 1 saturated carbocycles. The summed E-state index contributed by atoms with van der Waals surface area (Å²) in [6.07, 6.45) is 4.55. The molecule has 3 rings (SSSR count). The minimum absolute atomic E-state index is 0.0792. The molecule has 1 aliphatic carbocycles. The molecule has 1 unspecified atom stereocenters. The van der Waals surface area contributed by atoms with Crippen LogP contribution >= 0.6 is 11.6 Å². The van der Waals surface area contributed by atoms with Crippen LogP contribution < -0.4 is 10.9 Å². The summed E-state index contributed by atoms with van der Waals surface area (Å²) in [5.74, 6) is -0.672. The van der Waals surface area contributed by atoms with E-state index >= 15 is 0 Å². The molecular weight excluding hydrogens is 382 g/mol. The molecule has 0 bridgehead atoms. The molecule has 1 aromatic heterocycles. The Hall–Kier alpha value is -2.34. The molecular formula is C21H24ClNO5. The van der Waals surface area contributed by atoms with Crippen LogP contribution in [0, 0.1) is 5.92 Å². The van der Waals surface area contributed by atoms with Crippen LogP contribution in [-0.2, 0) is 27.4 Å². The van der Waals surface area contributed by atoms with Crippen molar-refractivity contribution in [1.29, 1.82) is 0 Å². The van der Waals surface area contributed by atoms with E-state index in [2.05, 4.69) is 5.32 Å². The van der Waals surface area contributed by atoms with Crippen LogP contribution in [-0.4, -0.2) is 17.9 Å². The summed E-state index contributed by atoms with van der Waals surface area (Å²) in [6, 6.07) is 4.11. The molecule has 0 spiro atoms. The van der Waals surface area contributed by atoms with E-state index in [1.165, 1.54) is 13.0 Å². The number of hydrogen-bond donors (Lipinski definition) is 1. The first-order chi connectivity index (χ1) is 13.4. The van der Waals surface area contributed by atoms with Crippen LogP contribution in [0.1, 0.15) is 50.7 Å². The van der Waals surface area contributed by atoms with Crippen molar-refractivity contribution >= 4 is 34.4 Å². The fraction of sp³-hybridized carbons (Fsp3) is 0.476. The number of carbonyl (C=O) groups excluding carboxylic acids is 2. The highest BCUT2D eigenvalue weighted by molar-refractivity contribution is 6.32. The number of esters is 1. The van der Waals surface area contributed by atoms with Crippen LogP contribution in [0.5, 0.6) is 0 Å². The SMILES string of the molecule is CCc1cc2oc(=O)cc(COC(=O)C(NC(C)=O)C3CCCC3)c2cc1Cl. The molecule has 0 aliphatic heterocycles. The summed E-state index contributed by atoms with van der Waals surface area (Å²) in [5, 5.41) is 3.91. The highest BCUT2D eigenvalue weighted by atomic mass is 35.5. The summed E-state index contributed by atoms with van der Waals surface area (Å²) in [5.41, 5.74) is 1.29. The monoisotopic (exact) mass is 405 g/mol. The highest BCUT2D eigenvalue weighted by Gasteiger charge is 2.32. The van der Waals surface area contributed by atoms with Crippen molar-refractivity contribution in [1.82, 2.24) is 5.32 Å². The molecule has 2 aromatic rings. The number of amides is 1. The summed E-state index contributed by atoms with van der Waals surface area (Å²) >= 11 is 6.30. The largest absolute Gasteiger partial charge is 0.459 e. The standard InChI is InChI=1S/C21H24ClNO5/c1-3-13-8-18-16(10-17(13)22)15(9-19(25)28-18)11-27-21(26)20(23-12(2)24)14-6-4-5-7-14/h8-10,14,20H,3-7,11H2,1-2H3,(H,23,24). The number of carbonyl (C=O) groups is 2. The van der Waals surface area contributed by atoms with E-state index in [4.69, 9.17) is 20.8 Å². The van der Waals surface area contributed by atoms with Gasteiger partial charge in [-0.25, -0.2) is 9.59 Å². The van der Waals surface area contributed by atoms with Gasteiger partial charge in [0.15, 0.2) is 0 Å². The van der Waals surface area contributed by atoms with Crippen molar-refractivity contribution in [2.75, 3.05) is 0 Å². The predicted octanol–water partition coefficient (Wildman–Crippen LogP) is 3.75. The van der Waals surface area contributed by atoms with Crippen LogP contribution in [0.2, 0.25) is 5.02 Å². The maximum Gasteiger partial charge on any atom is 0.336 e. The maximum absolute atomic E-state index is 12.7. The van der Waals surface area contributed by atoms with Gasteiger partial charge >= 0.3 is 11.6 Å². The van der Waals surface area contributed by atoms with Gasteiger partial charge in [-0.05, 0) is 42.9 Å². The molecule has 28 heavy (non-hydrogen) atoms. The molecule has 7 heteroatoms. The third-order valence-electron chi connectivity index (χ3n) is 5.23. The fourth-order valence-electron chi connectivity index (χ4n) is 3.80. The number of hydrogen-bond acceptors (Lipinski definition) is 5. The normalized spacial score (nSPS) is 15.5. The van der Waals surface area contributed by atoms with Gasteiger partial charge in [-0.2, -0.15) is 0 Å². The lowest BCUT2D eigenvalue weighted by atomic mass is 9.98. The van der Waals surface area contributed by atoms with Gasteiger partial charge in [0.25, 0.3) is 0 Å². The minimum Gasteiger partial charge on any atom is -0.459 e. The zero-order chi connectivity index (χ0) is 20.3. The Morgan fingerprint density at radius 1 is 1.25 bits per heavy atom. The van der Waals surface area contributed by atoms with E-state index in [1.54, 1.807) is 12.1 Å². The van der Waals surface area contributed by atoms with Crippen LogP contribution in [0.15, 0.2) is 27.4 Å². The quantitative estimate of drug-likeness (QED) is 0.584. The first kappa shape index (κ1) is 20.4. The molecule has 0 saturated heterocycles. The number of nitrogens with one attached hydrogen (secondary N) is 1. The Kier molecular flexibility index (Phi) is 6.39. The topological polar surface area (TPSA) is 85.6 Å². The van der Waals surface area contributed by atoms with Crippen molar-refractivity contribution in [3.63, 3.8) is 0 Å². The second-order valence-corrected chi connectivity index (χ2v) is 7.62. The second kappa shape index (κ2) is 8.78. The van der Waals surface area contributed by atoms with Crippen molar-refractivity contribution < 1.29 is 18.7 Å². The molecule has 1 N–H and O–H groups in total. The van der Waals surface area contributed by atoms with E-state index in [0.29, 0.717) is 28.0 Å². The molecule has 1 fully saturated rings. The van der Waals surface area contributed by atoms with Gasteiger partial charge in [0, 0.05) is 29.0 Å². The summed E-state index contributed by atoms with van der Waals surface area (Å²) in [7, 11) is 0. The fourth-order valence-corrected chi connectivity index (χ4v) is 4.09. The van der Waals surface area contributed by atoms with E-state index in [-0.39, 0.29) is 18.4 Å². The lowest BCUT2D eigenvalue weighted by Crippen LogP contribution is -2.45. The first-order valence-corrected chi connectivity index (χ1v) is 9.95. The predicted molar refractivity (Wildman–Crippen MR) is 106 cm³/mol. The average molecular weight is 406 g/mol. The zero-order valence-electron chi connectivity index (χ0n) is 16.0. The Balaban J connectivity index is 1.83. The van der Waals surface area contributed by atoms with Crippen LogP contribution in [0.3, 0.4) is 0 Å². The number of ether oxygens (including phenoxy) is 1. The van der Waals surface area contributed by atoms with Gasteiger partial charge in [0.1, 0.15) is 18.2 Å². The van der Waals surface area contributed by atoms with Crippen molar-refractivity contribution in [2.24, 2.45) is 5.92 Å². The third-order valence-corrected chi connectivity index (χ3v) is 5.58. The molecule has 1 heterocycles. The average Bonchev–Trinajstić information content (AvgIpc) is 3.18.